The van der Waals surface area contributed by atoms with Crippen molar-refractivity contribution in [1.82, 2.24) is 5.32 Å². The first-order chi connectivity index (χ1) is 9.21. The van der Waals surface area contributed by atoms with Crippen molar-refractivity contribution in [3.8, 4) is 0 Å². The predicted octanol–water partition coefficient (Wildman–Crippen LogP) is 1.57. The lowest BCUT2D eigenvalue weighted by molar-refractivity contribution is -0.118. The summed E-state index contributed by atoms with van der Waals surface area (Å²) in [6, 6.07) is 6.76. The van der Waals surface area contributed by atoms with Gasteiger partial charge in [0.15, 0.2) is 5.12 Å². The minimum atomic E-state index is -0.616. The Morgan fingerprint density at radius 1 is 1.20 bits per heavy atom. The first-order valence-corrected chi connectivity index (χ1v) is 6.91. The number of nitrogens with one attached hydrogen (secondary N) is 1. The summed E-state index contributed by atoms with van der Waals surface area (Å²) < 4.78 is 0. The molecule has 0 spiro atoms. The number of carbonyl (C=O) groups is 3. The molecule has 5 nitrogen and oxygen atoms in total. The van der Waals surface area contributed by atoms with E-state index in [0.29, 0.717) is 10.5 Å². The molecule has 2 amide bonds. The number of nitrogens with two attached hydrogens (primary N) is 1. The Kier molecular flexibility index (Phi) is 5.33. The first kappa shape index (κ1) is 16.2. The molecule has 1 aromatic rings. The van der Waals surface area contributed by atoms with E-state index in [4.69, 9.17) is 5.73 Å². The molecule has 0 bridgehead atoms. The fraction of sp³-hybridized carbons (Fsp3) is 0.357. The minimum absolute atomic E-state index is 0.0346. The molecule has 0 fully saturated rings. The van der Waals surface area contributed by atoms with E-state index in [1.165, 1.54) is 0 Å². The van der Waals surface area contributed by atoms with Crippen LogP contribution in [0.3, 0.4) is 0 Å². The van der Waals surface area contributed by atoms with Gasteiger partial charge in [-0.3, -0.25) is 14.4 Å². The van der Waals surface area contributed by atoms with Gasteiger partial charge in [-0.2, -0.15) is 0 Å². The van der Waals surface area contributed by atoms with Crippen LogP contribution >= 0.6 is 11.8 Å². The smallest absolute Gasteiger partial charge is 0.252 e. The maximum Gasteiger partial charge on any atom is 0.252 e. The number of primary amides is 1. The molecule has 108 valence electrons. The highest BCUT2D eigenvalue weighted by atomic mass is 32.2. The summed E-state index contributed by atoms with van der Waals surface area (Å²) in [6.45, 7) is 5.22. The van der Waals surface area contributed by atoms with E-state index in [-0.39, 0.29) is 11.7 Å². The van der Waals surface area contributed by atoms with Gasteiger partial charge in [0.05, 0.1) is 12.1 Å². The van der Waals surface area contributed by atoms with Crippen LogP contribution in [-0.2, 0) is 9.59 Å². The van der Waals surface area contributed by atoms with Crippen LogP contribution in [0.2, 0.25) is 0 Å². The SMILES string of the molecule is CC(C)(C)C(=O)Sc1ccccc1C(=O)NCC(N)=O. The number of benzene rings is 1. The van der Waals surface area contributed by atoms with Crippen LogP contribution < -0.4 is 11.1 Å². The molecule has 0 radical (unpaired) electrons. The second-order valence-corrected chi connectivity index (χ2v) is 6.30. The molecule has 0 heterocycles. The Bertz CT molecular complexity index is 535. The van der Waals surface area contributed by atoms with Crippen LogP contribution in [0.15, 0.2) is 29.2 Å². The molecule has 0 aliphatic rings. The summed E-state index contributed by atoms with van der Waals surface area (Å²) in [5.74, 6) is -1.04. The molecule has 0 saturated heterocycles. The van der Waals surface area contributed by atoms with Crippen molar-refractivity contribution in [3.63, 3.8) is 0 Å². The summed E-state index contributed by atoms with van der Waals surface area (Å²) in [7, 11) is 0. The lowest BCUT2D eigenvalue weighted by Gasteiger charge is -2.16. The molecular weight excluding hydrogens is 276 g/mol. The summed E-state index contributed by atoms with van der Waals surface area (Å²) in [5.41, 5.74) is 4.84. The lowest BCUT2D eigenvalue weighted by atomic mass is 10.00. The average molecular weight is 294 g/mol. The van der Waals surface area contributed by atoms with Gasteiger partial charge in [0.2, 0.25) is 5.91 Å². The van der Waals surface area contributed by atoms with Crippen molar-refractivity contribution < 1.29 is 14.4 Å². The number of amides is 2. The van der Waals surface area contributed by atoms with Crippen molar-refractivity contribution in [3.05, 3.63) is 29.8 Å². The Labute approximate surface area is 122 Å². The van der Waals surface area contributed by atoms with Crippen molar-refractivity contribution >= 4 is 28.7 Å². The Balaban J connectivity index is 2.91. The molecule has 0 aliphatic carbocycles. The van der Waals surface area contributed by atoms with Crippen LogP contribution in [-0.4, -0.2) is 23.5 Å². The third-order valence-corrected chi connectivity index (χ3v) is 3.74. The maximum absolute atomic E-state index is 12.0. The van der Waals surface area contributed by atoms with E-state index >= 15 is 0 Å². The molecule has 0 unspecified atom stereocenters. The fourth-order valence-electron chi connectivity index (χ4n) is 1.26. The van der Waals surface area contributed by atoms with Crippen molar-refractivity contribution in [2.24, 2.45) is 11.1 Å². The second kappa shape index (κ2) is 6.56. The largest absolute Gasteiger partial charge is 0.368 e. The number of thioether (sulfide) groups is 1. The van der Waals surface area contributed by atoms with E-state index in [9.17, 15) is 14.4 Å². The van der Waals surface area contributed by atoms with Crippen LogP contribution in [0, 0.1) is 5.41 Å². The highest BCUT2D eigenvalue weighted by molar-refractivity contribution is 8.13. The zero-order valence-corrected chi connectivity index (χ0v) is 12.5. The molecule has 0 saturated carbocycles. The predicted molar refractivity (Wildman–Crippen MR) is 78.3 cm³/mol. The molecule has 20 heavy (non-hydrogen) atoms. The normalized spacial score (nSPS) is 10.9. The Morgan fingerprint density at radius 3 is 2.35 bits per heavy atom. The zero-order chi connectivity index (χ0) is 15.3. The van der Waals surface area contributed by atoms with Crippen LogP contribution in [0.1, 0.15) is 31.1 Å². The fourth-order valence-corrected chi connectivity index (χ4v) is 2.18. The van der Waals surface area contributed by atoms with Crippen molar-refractivity contribution in [2.45, 2.75) is 25.7 Å². The standard InChI is InChI=1S/C14H18N2O3S/c1-14(2,3)13(19)20-10-7-5-4-6-9(10)12(18)16-8-11(15)17/h4-7H,8H2,1-3H3,(H2,15,17)(H,16,18). The molecular formula is C14H18N2O3S. The zero-order valence-electron chi connectivity index (χ0n) is 11.7. The third-order valence-electron chi connectivity index (χ3n) is 2.37. The van der Waals surface area contributed by atoms with Gasteiger partial charge in [-0.1, -0.05) is 44.7 Å². The molecule has 0 aromatic heterocycles. The lowest BCUT2D eigenvalue weighted by Crippen LogP contribution is -2.33. The van der Waals surface area contributed by atoms with E-state index in [0.717, 1.165) is 11.8 Å². The summed E-state index contributed by atoms with van der Waals surface area (Å²) >= 11 is 1.02. The number of hydrogen-bond donors (Lipinski definition) is 2. The van der Waals surface area contributed by atoms with Crippen molar-refractivity contribution in [2.75, 3.05) is 6.54 Å². The number of carbonyl (C=O) groups excluding carboxylic acids is 3. The quantitative estimate of drug-likeness (QED) is 0.825. The molecule has 0 aliphatic heterocycles. The summed E-state index contributed by atoms with van der Waals surface area (Å²) in [6.07, 6.45) is 0. The average Bonchev–Trinajstić information content (AvgIpc) is 2.35. The third kappa shape index (κ3) is 4.70. The second-order valence-electron chi connectivity index (χ2n) is 5.28. The molecule has 6 heteroatoms. The first-order valence-electron chi connectivity index (χ1n) is 6.09. The van der Waals surface area contributed by atoms with Crippen LogP contribution in [0.5, 0.6) is 0 Å². The van der Waals surface area contributed by atoms with Gasteiger partial charge in [0.25, 0.3) is 5.91 Å². The monoisotopic (exact) mass is 294 g/mol. The Hall–Kier alpha value is -1.82. The van der Waals surface area contributed by atoms with E-state index in [1.54, 1.807) is 24.3 Å². The van der Waals surface area contributed by atoms with Gasteiger partial charge in [-0.25, -0.2) is 0 Å². The van der Waals surface area contributed by atoms with Crippen LogP contribution in [0.25, 0.3) is 0 Å². The molecule has 1 aromatic carbocycles. The highest BCUT2D eigenvalue weighted by Crippen LogP contribution is 2.31. The van der Waals surface area contributed by atoms with Gasteiger partial charge in [0, 0.05) is 10.3 Å². The molecule has 0 atom stereocenters. The van der Waals surface area contributed by atoms with E-state index < -0.39 is 17.2 Å². The molecule has 1 rings (SSSR count). The van der Waals surface area contributed by atoms with E-state index in [2.05, 4.69) is 5.32 Å². The van der Waals surface area contributed by atoms with Gasteiger partial charge < -0.3 is 11.1 Å². The number of hydrogen-bond acceptors (Lipinski definition) is 4. The van der Waals surface area contributed by atoms with E-state index in [1.807, 2.05) is 20.8 Å². The van der Waals surface area contributed by atoms with Crippen LogP contribution in [0.4, 0.5) is 0 Å². The minimum Gasteiger partial charge on any atom is -0.368 e. The summed E-state index contributed by atoms with van der Waals surface area (Å²) in [5, 5.41) is 2.38. The van der Waals surface area contributed by atoms with Crippen molar-refractivity contribution in [1.29, 1.82) is 0 Å². The van der Waals surface area contributed by atoms with Gasteiger partial charge in [-0.15, -0.1) is 0 Å². The van der Waals surface area contributed by atoms with Gasteiger partial charge in [-0.05, 0) is 12.1 Å². The Morgan fingerprint density at radius 2 is 1.80 bits per heavy atom. The maximum atomic E-state index is 12.0. The highest BCUT2D eigenvalue weighted by Gasteiger charge is 2.24. The number of rotatable bonds is 4. The molecule has 3 N–H and O–H groups in total. The summed E-state index contributed by atoms with van der Waals surface area (Å²) in [4.78, 5) is 35.2. The van der Waals surface area contributed by atoms with Gasteiger partial charge in [0.1, 0.15) is 0 Å². The topological polar surface area (TPSA) is 89.3 Å². The van der Waals surface area contributed by atoms with Gasteiger partial charge >= 0.3 is 0 Å².